The van der Waals surface area contributed by atoms with E-state index in [1.807, 2.05) is 24.3 Å². The fourth-order valence-corrected chi connectivity index (χ4v) is 2.72. The summed E-state index contributed by atoms with van der Waals surface area (Å²) in [6, 6.07) is 12.3. The number of aliphatic hydroxyl groups is 1. The highest BCUT2D eigenvalue weighted by molar-refractivity contribution is 5.88. The number of rotatable bonds is 7. The Balaban J connectivity index is 1.98. The molecule has 0 amide bonds. The molecule has 0 aliphatic carbocycles. The van der Waals surface area contributed by atoms with Crippen LogP contribution in [0.25, 0.3) is 10.8 Å². The van der Waals surface area contributed by atoms with Crippen molar-refractivity contribution < 1.29 is 5.11 Å². The predicted octanol–water partition coefficient (Wildman–Crippen LogP) is 5.43. The molecule has 22 heavy (non-hydrogen) atoms. The monoisotopic (exact) mass is 294 g/mol. The molecule has 0 spiro atoms. The van der Waals surface area contributed by atoms with E-state index in [1.165, 1.54) is 43.9 Å². The number of fused-ring (bicyclic) bond motifs is 1. The lowest BCUT2D eigenvalue weighted by Crippen LogP contribution is -1.87. The minimum atomic E-state index is 0.0664. The third-order valence-electron chi connectivity index (χ3n) is 3.98. The molecule has 0 bridgehead atoms. The Morgan fingerprint density at radius 1 is 0.955 bits per heavy atom. The first-order valence-corrected chi connectivity index (χ1v) is 8.46. The second-order valence-electron chi connectivity index (χ2n) is 5.84. The summed E-state index contributed by atoms with van der Waals surface area (Å²) in [6.45, 7) is 2.31. The first-order valence-electron chi connectivity index (χ1n) is 8.46. The van der Waals surface area contributed by atoms with Gasteiger partial charge in [0.15, 0.2) is 0 Å². The van der Waals surface area contributed by atoms with E-state index in [1.54, 1.807) is 0 Å². The SMILES string of the molecule is CCCCCCCCC#Cc1cc(CO)cc2ccccc12. The average molecular weight is 294 g/mol. The van der Waals surface area contributed by atoms with E-state index in [9.17, 15) is 5.11 Å². The number of benzene rings is 2. The van der Waals surface area contributed by atoms with Crippen LogP contribution in [-0.4, -0.2) is 5.11 Å². The molecule has 0 aliphatic rings. The maximum absolute atomic E-state index is 9.39. The lowest BCUT2D eigenvalue weighted by molar-refractivity contribution is 0.282. The maximum atomic E-state index is 9.39. The van der Waals surface area contributed by atoms with Crippen LogP contribution in [0.2, 0.25) is 0 Å². The van der Waals surface area contributed by atoms with Gasteiger partial charge in [-0.3, -0.25) is 0 Å². The van der Waals surface area contributed by atoms with Crippen LogP contribution >= 0.6 is 0 Å². The molecule has 0 saturated heterocycles. The molecule has 1 heteroatoms. The molecular formula is C21H26O. The Morgan fingerprint density at radius 3 is 2.55 bits per heavy atom. The third kappa shape index (κ3) is 4.90. The van der Waals surface area contributed by atoms with Gasteiger partial charge in [-0.05, 0) is 34.9 Å². The molecular weight excluding hydrogens is 268 g/mol. The van der Waals surface area contributed by atoms with Crippen molar-refractivity contribution in [1.29, 1.82) is 0 Å². The molecule has 2 aromatic carbocycles. The quantitative estimate of drug-likeness (QED) is 0.533. The lowest BCUT2D eigenvalue weighted by Gasteiger charge is -2.04. The first-order chi connectivity index (χ1) is 10.8. The molecule has 0 saturated carbocycles. The van der Waals surface area contributed by atoms with Crippen LogP contribution in [0.5, 0.6) is 0 Å². The zero-order valence-corrected chi connectivity index (χ0v) is 13.6. The van der Waals surface area contributed by atoms with Crippen molar-refractivity contribution >= 4 is 10.8 Å². The molecule has 0 aromatic heterocycles. The molecule has 0 unspecified atom stereocenters. The van der Waals surface area contributed by atoms with E-state index < -0.39 is 0 Å². The van der Waals surface area contributed by atoms with Crippen LogP contribution in [0, 0.1) is 11.8 Å². The topological polar surface area (TPSA) is 20.2 Å². The largest absolute Gasteiger partial charge is 0.392 e. The van der Waals surface area contributed by atoms with Crippen LogP contribution in [0.1, 0.15) is 63.0 Å². The van der Waals surface area contributed by atoms with Gasteiger partial charge in [-0.25, -0.2) is 0 Å². The standard InChI is InChI=1S/C21H26O/c1-2-3-4-5-6-7-8-9-12-19-15-18(17-22)16-20-13-10-11-14-21(19)20/h10-11,13-16,22H,2-8,17H2,1H3. The van der Waals surface area contributed by atoms with E-state index in [4.69, 9.17) is 0 Å². The van der Waals surface area contributed by atoms with Gasteiger partial charge in [0.25, 0.3) is 0 Å². The van der Waals surface area contributed by atoms with Crippen LogP contribution in [0.4, 0.5) is 0 Å². The predicted molar refractivity (Wildman–Crippen MR) is 94.7 cm³/mol. The van der Waals surface area contributed by atoms with Gasteiger partial charge < -0.3 is 5.11 Å². The lowest BCUT2D eigenvalue weighted by atomic mass is 10.0. The second kappa shape index (κ2) is 9.28. The molecule has 2 aromatic rings. The molecule has 1 N–H and O–H groups in total. The Hall–Kier alpha value is -1.78. The van der Waals surface area contributed by atoms with Crippen LogP contribution in [0.3, 0.4) is 0 Å². The molecule has 116 valence electrons. The van der Waals surface area contributed by atoms with Crippen molar-refractivity contribution in [3.8, 4) is 11.8 Å². The van der Waals surface area contributed by atoms with Gasteiger partial charge >= 0.3 is 0 Å². The van der Waals surface area contributed by atoms with Crippen molar-refractivity contribution in [1.82, 2.24) is 0 Å². The molecule has 1 nitrogen and oxygen atoms in total. The van der Waals surface area contributed by atoms with Gasteiger partial charge in [0.05, 0.1) is 6.61 Å². The van der Waals surface area contributed by atoms with E-state index >= 15 is 0 Å². The van der Waals surface area contributed by atoms with Gasteiger partial charge in [-0.15, -0.1) is 0 Å². The van der Waals surface area contributed by atoms with Gasteiger partial charge in [0.2, 0.25) is 0 Å². The van der Waals surface area contributed by atoms with Gasteiger partial charge in [0, 0.05) is 12.0 Å². The van der Waals surface area contributed by atoms with Crippen molar-refractivity contribution in [2.75, 3.05) is 0 Å². The summed E-state index contributed by atoms with van der Waals surface area (Å²) in [5.74, 6) is 6.61. The molecule has 2 rings (SSSR count). The van der Waals surface area contributed by atoms with Gasteiger partial charge in [0.1, 0.15) is 0 Å². The number of hydrogen-bond donors (Lipinski definition) is 1. The van der Waals surface area contributed by atoms with Crippen molar-refractivity contribution in [2.24, 2.45) is 0 Å². The molecule has 0 heterocycles. The molecule has 0 aliphatic heterocycles. The van der Waals surface area contributed by atoms with Crippen molar-refractivity contribution in [2.45, 2.75) is 58.5 Å². The summed E-state index contributed by atoms with van der Waals surface area (Å²) in [5.41, 5.74) is 1.97. The number of hydrogen-bond acceptors (Lipinski definition) is 1. The highest BCUT2D eigenvalue weighted by Crippen LogP contribution is 2.20. The van der Waals surface area contributed by atoms with E-state index in [-0.39, 0.29) is 6.61 Å². The van der Waals surface area contributed by atoms with Crippen LogP contribution in [0.15, 0.2) is 36.4 Å². The third-order valence-corrected chi connectivity index (χ3v) is 3.98. The fourth-order valence-electron chi connectivity index (χ4n) is 2.72. The van der Waals surface area contributed by atoms with Crippen LogP contribution < -0.4 is 0 Å². The highest BCUT2D eigenvalue weighted by atomic mass is 16.3. The van der Waals surface area contributed by atoms with Crippen molar-refractivity contribution in [3.05, 3.63) is 47.5 Å². The number of aliphatic hydroxyl groups excluding tert-OH is 1. The van der Waals surface area contributed by atoms with E-state index in [0.29, 0.717) is 0 Å². The Labute approximate surface area is 134 Å². The van der Waals surface area contributed by atoms with Crippen molar-refractivity contribution in [3.63, 3.8) is 0 Å². The molecule has 0 fully saturated rings. The minimum Gasteiger partial charge on any atom is -0.392 e. The molecule has 0 atom stereocenters. The fraction of sp³-hybridized carbons (Fsp3) is 0.429. The summed E-state index contributed by atoms with van der Waals surface area (Å²) < 4.78 is 0. The van der Waals surface area contributed by atoms with E-state index in [0.717, 1.165) is 22.9 Å². The first kappa shape index (κ1) is 16.6. The summed E-state index contributed by atoms with van der Waals surface area (Å²) in [6.07, 6.45) is 8.77. The zero-order valence-electron chi connectivity index (χ0n) is 13.6. The van der Waals surface area contributed by atoms with Gasteiger partial charge in [-0.1, -0.05) is 75.1 Å². The Kier molecular flexibility index (Phi) is 7.00. The van der Waals surface area contributed by atoms with E-state index in [2.05, 4.69) is 30.9 Å². The summed E-state index contributed by atoms with van der Waals surface area (Å²) >= 11 is 0. The van der Waals surface area contributed by atoms with Gasteiger partial charge in [-0.2, -0.15) is 0 Å². The normalized spacial score (nSPS) is 10.5. The summed E-state index contributed by atoms with van der Waals surface area (Å²) in [5, 5.41) is 11.7. The highest BCUT2D eigenvalue weighted by Gasteiger charge is 2.01. The summed E-state index contributed by atoms with van der Waals surface area (Å²) in [7, 11) is 0. The Bertz CT molecular complexity index is 646. The average Bonchev–Trinajstić information content (AvgIpc) is 2.56. The minimum absolute atomic E-state index is 0.0664. The van der Waals surface area contributed by atoms with Crippen LogP contribution in [-0.2, 0) is 6.61 Å². The summed E-state index contributed by atoms with van der Waals surface area (Å²) in [4.78, 5) is 0. The zero-order chi connectivity index (χ0) is 15.6. The molecule has 0 radical (unpaired) electrons. The second-order valence-corrected chi connectivity index (χ2v) is 5.84. The number of unbranched alkanes of at least 4 members (excludes halogenated alkanes) is 6. The maximum Gasteiger partial charge on any atom is 0.0682 e. The Morgan fingerprint density at radius 2 is 1.73 bits per heavy atom. The smallest absolute Gasteiger partial charge is 0.0682 e.